The molecule has 150 valence electrons. The Balaban J connectivity index is 1.83. The Bertz CT molecular complexity index is 1190. The lowest BCUT2D eigenvalue weighted by Gasteiger charge is -2.18. The molecule has 4 aromatic rings. The summed E-state index contributed by atoms with van der Waals surface area (Å²) in [6, 6.07) is 25.7. The lowest BCUT2D eigenvalue weighted by atomic mass is 10.0. The van der Waals surface area contributed by atoms with Gasteiger partial charge < -0.3 is 32.4 Å². The minimum absolute atomic E-state index is 0.427. The van der Waals surface area contributed by atoms with E-state index in [0.717, 1.165) is 11.1 Å². The molecule has 0 aromatic heterocycles. The molecule has 8 N–H and O–H groups in total. The fourth-order valence-electron chi connectivity index (χ4n) is 3.09. The van der Waals surface area contributed by atoms with E-state index in [2.05, 4.69) is 0 Å². The SMILES string of the molecule is Nc1ccc(Oc2cccc(-c3ccccc3)c2Oc2ccc(N)cc2N)c(N)c1. The predicted molar refractivity (Wildman–Crippen MR) is 123 cm³/mol. The fourth-order valence-corrected chi connectivity index (χ4v) is 3.09. The summed E-state index contributed by atoms with van der Waals surface area (Å²) in [5.74, 6) is 1.95. The van der Waals surface area contributed by atoms with Gasteiger partial charge in [0.15, 0.2) is 23.0 Å². The summed E-state index contributed by atoms with van der Waals surface area (Å²) in [4.78, 5) is 0. The third kappa shape index (κ3) is 3.93. The van der Waals surface area contributed by atoms with Crippen LogP contribution in [0.2, 0.25) is 0 Å². The van der Waals surface area contributed by atoms with Crippen LogP contribution in [0.1, 0.15) is 0 Å². The maximum absolute atomic E-state index is 6.25. The van der Waals surface area contributed by atoms with Crippen LogP contribution in [-0.2, 0) is 0 Å². The lowest BCUT2D eigenvalue weighted by Crippen LogP contribution is -1.99. The van der Waals surface area contributed by atoms with Crippen molar-refractivity contribution < 1.29 is 9.47 Å². The van der Waals surface area contributed by atoms with Crippen molar-refractivity contribution in [3.05, 3.63) is 84.9 Å². The number of hydrogen-bond donors (Lipinski definition) is 4. The molecule has 4 rings (SSSR count). The summed E-state index contributed by atoms with van der Waals surface area (Å²) < 4.78 is 12.4. The Labute approximate surface area is 174 Å². The molecule has 0 bridgehead atoms. The van der Waals surface area contributed by atoms with Gasteiger partial charge in [0.2, 0.25) is 0 Å². The Kier molecular flexibility index (Phi) is 5.05. The molecule has 0 radical (unpaired) electrons. The monoisotopic (exact) mass is 398 g/mol. The number of benzene rings is 4. The highest BCUT2D eigenvalue weighted by molar-refractivity contribution is 5.76. The highest BCUT2D eigenvalue weighted by Crippen LogP contribution is 2.44. The Morgan fingerprint density at radius 2 is 1.10 bits per heavy atom. The van der Waals surface area contributed by atoms with Gasteiger partial charge in [-0.2, -0.15) is 0 Å². The van der Waals surface area contributed by atoms with Crippen LogP contribution in [0.4, 0.5) is 22.7 Å². The van der Waals surface area contributed by atoms with Crippen molar-refractivity contribution in [2.75, 3.05) is 22.9 Å². The van der Waals surface area contributed by atoms with Gasteiger partial charge in [0.1, 0.15) is 0 Å². The van der Waals surface area contributed by atoms with Crippen LogP contribution in [0.3, 0.4) is 0 Å². The molecular weight excluding hydrogens is 376 g/mol. The van der Waals surface area contributed by atoms with E-state index < -0.39 is 0 Å². The van der Waals surface area contributed by atoms with Crippen LogP contribution < -0.4 is 32.4 Å². The molecule has 0 atom stereocenters. The molecule has 6 heteroatoms. The second kappa shape index (κ2) is 7.97. The van der Waals surface area contributed by atoms with Crippen LogP contribution in [0.5, 0.6) is 23.0 Å². The average molecular weight is 398 g/mol. The first-order valence-corrected chi connectivity index (χ1v) is 9.35. The fraction of sp³-hybridized carbons (Fsp3) is 0. The first kappa shape index (κ1) is 19.0. The molecule has 0 aliphatic heterocycles. The molecule has 0 fully saturated rings. The van der Waals surface area contributed by atoms with Crippen molar-refractivity contribution in [1.82, 2.24) is 0 Å². The zero-order chi connectivity index (χ0) is 21.1. The number of hydrogen-bond acceptors (Lipinski definition) is 6. The summed E-state index contributed by atoms with van der Waals surface area (Å²) in [5, 5.41) is 0. The van der Waals surface area contributed by atoms with Crippen LogP contribution in [-0.4, -0.2) is 0 Å². The van der Waals surface area contributed by atoms with Gasteiger partial charge in [-0.05, 0) is 48.0 Å². The van der Waals surface area contributed by atoms with Crippen molar-refractivity contribution in [3.63, 3.8) is 0 Å². The van der Waals surface area contributed by atoms with E-state index in [1.54, 1.807) is 36.4 Å². The highest BCUT2D eigenvalue weighted by Gasteiger charge is 2.17. The predicted octanol–water partition coefficient (Wildman–Crippen LogP) is 5.27. The molecule has 0 amide bonds. The lowest BCUT2D eigenvalue weighted by molar-refractivity contribution is 0.422. The van der Waals surface area contributed by atoms with Crippen LogP contribution in [0.15, 0.2) is 84.9 Å². The molecule has 0 saturated carbocycles. The summed E-state index contributed by atoms with van der Waals surface area (Å²) in [6.07, 6.45) is 0. The molecule has 0 spiro atoms. The van der Waals surface area contributed by atoms with Gasteiger partial charge in [0.05, 0.1) is 11.4 Å². The number of nitrogen functional groups attached to an aromatic ring is 4. The van der Waals surface area contributed by atoms with E-state index in [1.807, 2.05) is 48.5 Å². The van der Waals surface area contributed by atoms with Crippen molar-refractivity contribution in [2.45, 2.75) is 0 Å². The first-order chi connectivity index (χ1) is 14.5. The molecule has 6 nitrogen and oxygen atoms in total. The summed E-state index contributed by atoms with van der Waals surface area (Å²) >= 11 is 0. The molecule has 0 heterocycles. The zero-order valence-electron chi connectivity index (χ0n) is 16.2. The minimum atomic E-state index is 0.427. The molecule has 30 heavy (non-hydrogen) atoms. The molecule has 0 aliphatic carbocycles. The highest BCUT2D eigenvalue weighted by atomic mass is 16.5. The summed E-state index contributed by atoms with van der Waals surface area (Å²) in [6.45, 7) is 0. The van der Waals surface area contributed by atoms with Crippen molar-refractivity contribution >= 4 is 22.7 Å². The van der Waals surface area contributed by atoms with E-state index in [1.165, 1.54) is 0 Å². The van der Waals surface area contributed by atoms with Gasteiger partial charge in [0.25, 0.3) is 0 Å². The smallest absolute Gasteiger partial charge is 0.177 e. The number of nitrogens with two attached hydrogens (primary N) is 4. The molecule has 0 unspecified atom stereocenters. The molecule has 4 aromatic carbocycles. The molecular formula is C24H22N4O2. The number of rotatable bonds is 5. The Morgan fingerprint density at radius 3 is 1.70 bits per heavy atom. The summed E-state index contributed by atoms with van der Waals surface area (Å²) in [7, 11) is 0. The Morgan fingerprint density at radius 1 is 0.500 bits per heavy atom. The van der Waals surface area contributed by atoms with Crippen molar-refractivity contribution in [2.24, 2.45) is 0 Å². The van der Waals surface area contributed by atoms with E-state index in [9.17, 15) is 0 Å². The largest absolute Gasteiger partial charge is 0.451 e. The maximum atomic E-state index is 6.25. The minimum Gasteiger partial charge on any atom is -0.451 e. The average Bonchev–Trinajstić information content (AvgIpc) is 2.73. The normalized spacial score (nSPS) is 10.5. The van der Waals surface area contributed by atoms with E-state index >= 15 is 0 Å². The van der Waals surface area contributed by atoms with E-state index in [4.69, 9.17) is 32.4 Å². The van der Waals surface area contributed by atoms with Crippen LogP contribution in [0.25, 0.3) is 11.1 Å². The first-order valence-electron chi connectivity index (χ1n) is 9.35. The number of para-hydroxylation sites is 1. The van der Waals surface area contributed by atoms with Gasteiger partial charge >= 0.3 is 0 Å². The topological polar surface area (TPSA) is 123 Å². The quantitative estimate of drug-likeness (QED) is 0.340. The van der Waals surface area contributed by atoms with Gasteiger partial charge in [-0.1, -0.05) is 42.5 Å². The Hall–Kier alpha value is -4.32. The van der Waals surface area contributed by atoms with Gasteiger partial charge in [0, 0.05) is 16.9 Å². The second-order valence-electron chi connectivity index (χ2n) is 6.80. The standard InChI is InChI=1S/C24H22N4O2/c25-16-9-11-21(19(27)13-16)29-23-8-4-7-18(15-5-2-1-3-6-15)24(23)30-22-12-10-17(26)14-20(22)28/h1-14H,25-28H2. The molecule has 0 saturated heterocycles. The number of ether oxygens (including phenoxy) is 2. The third-order valence-electron chi connectivity index (χ3n) is 4.56. The molecule has 0 aliphatic rings. The third-order valence-corrected chi connectivity index (χ3v) is 4.56. The van der Waals surface area contributed by atoms with E-state index in [0.29, 0.717) is 45.7 Å². The maximum Gasteiger partial charge on any atom is 0.177 e. The second-order valence-corrected chi connectivity index (χ2v) is 6.80. The summed E-state index contributed by atoms with van der Waals surface area (Å²) in [5.41, 5.74) is 27.6. The number of anilines is 4. The van der Waals surface area contributed by atoms with Crippen molar-refractivity contribution in [3.8, 4) is 34.1 Å². The van der Waals surface area contributed by atoms with Gasteiger partial charge in [-0.25, -0.2) is 0 Å². The van der Waals surface area contributed by atoms with Gasteiger partial charge in [-0.3, -0.25) is 0 Å². The zero-order valence-corrected chi connectivity index (χ0v) is 16.2. The van der Waals surface area contributed by atoms with Gasteiger partial charge in [-0.15, -0.1) is 0 Å². The van der Waals surface area contributed by atoms with Crippen LogP contribution in [0, 0.1) is 0 Å². The van der Waals surface area contributed by atoms with Crippen molar-refractivity contribution in [1.29, 1.82) is 0 Å². The van der Waals surface area contributed by atoms with Crippen LogP contribution >= 0.6 is 0 Å². The van der Waals surface area contributed by atoms with E-state index in [-0.39, 0.29) is 0 Å².